The van der Waals surface area contributed by atoms with Gasteiger partial charge in [-0.3, -0.25) is 19.9 Å². The number of hydrogen-bond donors (Lipinski definition) is 3. The summed E-state index contributed by atoms with van der Waals surface area (Å²) in [5, 5.41) is 40.2. The highest BCUT2D eigenvalue weighted by atomic mass is 32.2. The molecular weight excluding hydrogens is 1440 g/mol. The van der Waals surface area contributed by atoms with E-state index in [1.807, 2.05) is 91.0 Å². The predicted octanol–water partition coefficient (Wildman–Crippen LogP) is 17.7. The number of rotatable bonds is 28. The second-order valence-electron chi connectivity index (χ2n) is 30.3. The van der Waals surface area contributed by atoms with E-state index >= 15 is 0 Å². The molecule has 9 aromatic rings. The minimum Gasteiger partial charge on any atom is -0.396 e. The van der Waals surface area contributed by atoms with Crippen molar-refractivity contribution in [2.75, 3.05) is 112 Å². The van der Waals surface area contributed by atoms with E-state index in [4.69, 9.17) is 8.37 Å². The third-order valence-electron chi connectivity index (χ3n) is 21.9. The number of anilines is 3. The maximum Gasteiger partial charge on any atom is 0.306 e. The first-order valence-electron chi connectivity index (χ1n) is 39.6. The highest BCUT2D eigenvalue weighted by molar-refractivity contribution is 7.86. The molecule has 3 saturated heterocycles. The smallest absolute Gasteiger partial charge is 0.306 e. The van der Waals surface area contributed by atoms with Crippen molar-refractivity contribution in [1.82, 2.24) is 9.80 Å². The molecule has 112 heavy (non-hydrogen) atoms. The number of hydrogen-bond acceptors (Lipinski definition) is 16. The van der Waals surface area contributed by atoms with E-state index in [0.717, 1.165) is 161 Å². The SMILES string of the molecule is CC(C)N1CCN(c2ccc(/C(=C(/CCCO)c3ccccc3)c3ccc(OS(C)(=O)=O)cc3)cc2)CC1.CC(C)N1CCN(c2ccc(/C(=C(/CCCO)c3ccccc3)c3ccc(OS(C)(=O)=O)cc3)cc2)CC1.O=[N+]([O-])c1ccc(/C(=C(\CCCO)c2ccccc2)c2ccc(N3CCC4(CCCC4)C3)cc2)cc1. The minimum atomic E-state index is -3.61. The zero-order valence-corrected chi connectivity index (χ0v) is 67.4. The van der Waals surface area contributed by atoms with Crippen LogP contribution < -0.4 is 23.1 Å². The van der Waals surface area contributed by atoms with Crippen LogP contribution in [0, 0.1) is 15.5 Å². The number of piperazine rings is 2. The average molecular weight is 1550 g/mol. The van der Waals surface area contributed by atoms with Crippen LogP contribution in [0.3, 0.4) is 0 Å². The summed E-state index contributed by atoms with van der Waals surface area (Å²) in [6.45, 7) is 19.9. The Labute approximate surface area is 664 Å². The van der Waals surface area contributed by atoms with Crippen LogP contribution in [0.15, 0.2) is 237 Å². The molecule has 13 rings (SSSR count). The van der Waals surface area contributed by atoms with Crippen molar-refractivity contribution in [1.29, 1.82) is 0 Å². The van der Waals surface area contributed by atoms with Gasteiger partial charge in [-0.1, -0.05) is 165 Å². The first-order chi connectivity index (χ1) is 54.1. The van der Waals surface area contributed by atoms with E-state index in [1.165, 1.54) is 49.2 Å². The van der Waals surface area contributed by atoms with Crippen molar-refractivity contribution in [2.24, 2.45) is 5.41 Å². The van der Waals surface area contributed by atoms with E-state index < -0.39 is 20.2 Å². The largest absolute Gasteiger partial charge is 0.396 e. The standard InChI is InChI=1S/2C31H38N2O4S.C31H34N2O3/c2*1-24(2)32-19-21-33(22-20-32)28-15-11-26(12-16-28)31(27-13-17-29(18-14-27)37-38(3,35)36)30(10-7-23-34)25-8-5-4-6-9-25;34-22-6-9-29(24-7-2-1-3-8-24)30(26-12-16-28(17-13-26)33(35)36)25-10-14-27(15-11-25)32-21-20-31(23-32)18-4-5-19-31/h2*4-6,8-9,11-18,24,34H,7,10,19-23H2,1-3H3;1-3,7-8,10-17,34H,4-6,9,18-23H2/b2*31-30+;30-29+. The van der Waals surface area contributed by atoms with E-state index in [9.17, 15) is 42.3 Å². The molecule has 1 aliphatic carbocycles. The Kier molecular flexibility index (Phi) is 29.5. The Morgan fingerprint density at radius 3 is 0.946 bits per heavy atom. The molecular formula is C93H110N6O11S2. The first kappa shape index (κ1) is 83.2. The van der Waals surface area contributed by atoms with Gasteiger partial charge in [-0.05, 0) is 247 Å². The Balaban J connectivity index is 0.000000166. The minimum absolute atomic E-state index is 0.0833. The Morgan fingerprint density at radius 2 is 0.670 bits per heavy atom. The lowest BCUT2D eigenvalue weighted by atomic mass is 9.85. The van der Waals surface area contributed by atoms with Gasteiger partial charge in [-0.15, -0.1) is 0 Å². The van der Waals surface area contributed by atoms with Gasteiger partial charge in [0.25, 0.3) is 5.69 Å². The van der Waals surface area contributed by atoms with Crippen LogP contribution in [0.25, 0.3) is 33.4 Å². The molecule has 1 saturated carbocycles. The van der Waals surface area contributed by atoms with Crippen molar-refractivity contribution in [3.63, 3.8) is 0 Å². The Bertz CT molecular complexity index is 4600. The van der Waals surface area contributed by atoms with Gasteiger partial charge in [0.2, 0.25) is 0 Å². The molecule has 0 bridgehead atoms. The lowest BCUT2D eigenvalue weighted by Gasteiger charge is -2.38. The number of aliphatic hydroxyl groups excluding tert-OH is 3. The van der Waals surface area contributed by atoms with Crippen LogP contribution in [-0.4, -0.2) is 157 Å². The highest BCUT2D eigenvalue weighted by Crippen LogP contribution is 2.47. The molecule has 0 unspecified atom stereocenters. The monoisotopic (exact) mass is 1550 g/mol. The number of nitro benzene ring substituents is 1. The molecule has 590 valence electrons. The Hall–Kier alpha value is -9.70. The third kappa shape index (κ3) is 22.8. The Morgan fingerprint density at radius 1 is 0.384 bits per heavy atom. The fraction of sp³-hybridized carbons (Fsp3) is 0.355. The number of benzene rings is 9. The van der Waals surface area contributed by atoms with Crippen molar-refractivity contribution in [2.45, 2.75) is 110 Å². The maximum atomic E-state index is 11.6. The second-order valence-corrected chi connectivity index (χ2v) is 33.5. The van der Waals surface area contributed by atoms with E-state index in [2.05, 4.69) is 161 Å². The van der Waals surface area contributed by atoms with Gasteiger partial charge in [0, 0.05) is 127 Å². The summed E-state index contributed by atoms with van der Waals surface area (Å²) < 4.78 is 56.6. The fourth-order valence-electron chi connectivity index (χ4n) is 16.1. The summed E-state index contributed by atoms with van der Waals surface area (Å²) in [5.41, 5.74) is 20.3. The lowest BCUT2D eigenvalue weighted by Crippen LogP contribution is -2.48. The van der Waals surface area contributed by atoms with Crippen molar-refractivity contribution in [3.8, 4) is 11.5 Å². The van der Waals surface area contributed by atoms with Gasteiger partial charge in [-0.2, -0.15) is 16.8 Å². The maximum absolute atomic E-state index is 11.6. The van der Waals surface area contributed by atoms with E-state index in [1.54, 1.807) is 36.4 Å². The van der Waals surface area contributed by atoms with Crippen LogP contribution in [0.4, 0.5) is 22.7 Å². The predicted molar refractivity (Wildman–Crippen MR) is 458 cm³/mol. The zero-order valence-electron chi connectivity index (χ0n) is 65.7. The summed E-state index contributed by atoms with van der Waals surface area (Å²) in [7, 11) is -7.21. The van der Waals surface area contributed by atoms with E-state index in [0.29, 0.717) is 56.0 Å². The second kappa shape index (κ2) is 39.7. The molecule has 9 aromatic carbocycles. The number of non-ortho nitro benzene ring substituents is 1. The molecule has 19 heteroatoms. The molecule has 17 nitrogen and oxygen atoms in total. The number of nitrogens with zero attached hydrogens (tertiary/aromatic N) is 6. The molecule has 0 atom stereocenters. The first-order valence-corrected chi connectivity index (χ1v) is 43.2. The lowest BCUT2D eigenvalue weighted by molar-refractivity contribution is -0.384. The van der Waals surface area contributed by atoms with Gasteiger partial charge >= 0.3 is 20.2 Å². The summed E-state index contributed by atoms with van der Waals surface area (Å²) in [4.78, 5) is 23.3. The zero-order chi connectivity index (χ0) is 79.2. The normalized spacial score (nSPS) is 16.1. The van der Waals surface area contributed by atoms with Crippen LogP contribution >= 0.6 is 0 Å². The summed E-state index contributed by atoms with van der Waals surface area (Å²) >= 11 is 0. The molecule has 0 aromatic heterocycles. The van der Waals surface area contributed by atoms with Crippen LogP contribution in [-0.2, 0) is 20.2 Å². The highest BCUT2D eigenvalue weighted by Gasteiger charge is 2.40. The van der Waals surface area contributed by atoms with Gasteiger partial charge in [-0.25, -0.2) is 0 Å². The topological polar surface area (TPSA) is 207 Å². The molecule has 4 aliphatic rings. The number of allylic oxidation sites excluding steroid dienone is 3. The number of nitro groups is 1. The van der Waals surface area contributed by atoms with Gasteiger partial charge in [0.05, 0.1) is 17.4 Å². The van der Waals surface area contributed by atoms with Gasteiger partial charge in [0.15, 0.2) is 0 Å². The number of aliphatic hydroxyl groups is 3. The van der Waals surface area contributed by atoms with E-state index in [-0.39, 0.29) is 41.9 Å². The van der Waals surface area contributed by atoms with Gasteiger partial charge in [0.1, 0.15) is 11.5 Å². The molecule has 3 aliphatic heterocycles. The van der Waals surface area contributed by atoms with Crippen LogP contribution in [0.5, 0.6) is 11.5 Å². The fourth-order valence-corrected chi connectivity index (χ4v) is 17.0. The van der Waals surface area contributed by atoms with Crippen molar-refractivity contribution >= 4 is 76.4 Å². The molecule has 3 heterocycles. The summed E-state index contributed by atoms with van der Waals surface area (Å²) in [5.74, 6) is 0.561. The third-order valence-corrected chi connectivity index (χ3v) is 22.9. The average Bonchev–Trinajstić information content (AvgIpc) is 1.74. The van der Waals surface area contributed by atoms with Gasteiger partial charge < -0.3 is 38.4 Å². The molecule has 4 fully saturated rings. The molecule has 0 radical (unpaired) electrons. The molecule has 3 N–H and O–H groups in total. The molecule has 1 spiro atoms. The van der Waals surface area contributed by atoms with Crippen LogP contribution in [0.2, 0.25) is 0 Å². The van der Waals surface area contributed by atoms with Crippen molar-refractivity contribution in [3.05, 3.63) is 297 Å². The van der Waals surface area contributed by atoms with Crippen molar-refractivity contribution < 1.29 is 45.4 Å². The van der Waals surface area contributed by atoms with Crippen LogP contribution in [0.1, 0.15) is 148 Å². The summed E-state index contributed by atoms with van der Waals surface area (Å²) in [6.07, 6.45) is 12.9. The summed E-state index contributed by atoms with van der Waals surface area (Å²) in [6, 6.07) is 79.3. The molecule has 0 amide bonds. The quantitative estimate of drug-likeness (QED) is 0.0180.